The van der Waals surface area contributed by atoms with Crippen LogP contribution in [-0.2, 0) is 6.54 Å². The molecule has 0 heterocycles. The van der Waals surface area contributed by atoms with Crippen LogP contribution in [0.2, 0.25) is 0 Å². The molecule has 1 N–H and O–H groups in total. The van der Waals surface area contributed by atoms with Crippen molar-refractivity contribution in [3.63, 3.8) is 0 Å². The number of nitrogens with zero attached hydrogens (tertiary/aromatic N) is 1. The summed E-state index contributed by atoms with van der Waals surface area (Å²) < 4.78 is 0. The lowest BCUT2D eigenvalue weighted by atomic mass is 10.1. The number of benzene rings is 1. The predicted molar refractivity (Wildman–Crippen MR) is 108 cm³/mol. The first-order valence-corrected chi connectivity index (χ1v) is 9.70. The van der Waals surface area contributed by atoms with Gasteiger partial charge in [0.05, 0.1) is 0 Å². The Kier molecular flexibility index (Phi) is 15.6. The van der Waals surface area contributed by atoms with Crippen molar-refractivity contribution in [1.82, 2.24) is 4.90 Å². The summed E-state index contributed by atoms with van der Waals surface area (Å²) >= 11 is 0. The Balaban J connectivity index is 0.00000529. The van der Waals surface area contributed by atoms with Crippen LogP contribution < -0.4 is 0 Å². The molecular weight excluding hydrogens is 318 g/mol. The molecule has 1 aromatic carbocycles. The van der Waals surface area contributed by atoms with Gasteiger partial charge >= 0.3 is 0 Å². The van der Waals surface area contributed by atoms with Crippen molar-refractivity contribution in [1.29, 1.82) is 0 Å². The predicted octanol–water partition coefficient (Wildman–Crippen LogP) is 6.17. The molecule has 0 aliphatic rings. The number of halogens is 1. The maximum absolute atomic E-state index is 9.94. The zero-order valence-corrected chi connectivity index (χ0v) is 16.6. The molecule has 1 aromatic rings. The van der Waals surface area contributed by atoms with E-state index in [9.17, 15) is 5.11 Å². The number of aliphatic hydroxyl groups is 1. The Morgan fingerprint density at radius 2 is 1.33 bits per heavy atom. The van der Waals surface area contributed by atoms with Gasteiger partial charge in [-0.15, -0.1) is 12.4 Å². The second kappa shape index (κ2) is 15.9. The second-order valence-corrected chi connectivity index (χ2v) is 6.77. The molecule has 24 heavy (non-hydrogen) atoms. The highest BCUT2D eigenvalue weighted by atomic mass is 35.5. The highest BCUT2D eigenvalue weighted by Crippen LogP contribution is 2.12. The van der Waals surface area contributed by atoms with Crippen LogP contribution in [0.3, 0.4) is 0 Å². The number of rotatable bonds is 14. The molecule has 0 amide bonds. The average Bonchev–Trinajstić information content (AvgIpc) is 2.56. The molecule has 0 bridgehead atoms. The van der Waals surface area contributed by atoms with Crippen molar-refractivity contribution in [3.8, 4) is 0 Å². The van der Waals surface area contributed by atoms with E-state index in [2.05, 4.69) is 36.1 Å². The smallest absolute Gasteiger partial charge is 0.104 e. The molecule has 0 fully saturated rings. The van der Waals surface area contributed by atoms with Crippen LogP contribution >= 0.6 is 12.4 Å². The fourth-order valence-electron chi connectivity index (χ4n) is 3.02. The van der Waals surface area contributed by atoms with Gasteiger partial charge in [-0.2, -0.15) is 0 Å². The van der Waals surface area contributed by atoms with E-state index in [1.165, 1.54) is 69.8 Å². The van der Waals surface area contributed by atoms with E-state index in [-0.39, 0.29) is 18.6 Å². The van der Waals surface area contributed by atoms with Gasteiger partial charge in [-0.1, -0.05) is 95.0 Å². The zero-order valence-electron chi connectivity index (χ0n) is 15.8. The lowest BCUT2D eigenvalue weighted by Gasteiger charge is -2.25. The first-order chi connectivity index (χ1) is 11.2. The van der Waals surface area contributed by atoms with E-state index >= 15 is 0 Å². The Morgan fingerprint density at radius 1 is 0.833 bits per heavy atom. The third-order valence-corrected chi connectivity index (χ3v) is 4.56. The number of hydrogen-bond acceptors (Lipinski definition) is 2. The zero-order chi connectivity index (χ0) is 16.8. The first kappa shape index (κ1) is 23.4. The van der Waals surface area contributed by atoms with Crippen molar-refractivity contribution in [2.75, 3.05) is 6.54 Å². The molecule has 0 radical (unpaired) electrons. The van der Waals surface area contributed by atoms with E-state index in [1.807, 2.05) is 13.0 Å². The van der Waals surface area contributed by atoms with E-state index in [0.29, 0.717) is 0 Å². The van der Waals surface area contributed by atoms with Gasteiger partial charge in [-0.25, -0.2) is 0 Å². The minimum Gasteiger partial charge on any atom is -0.379 e. The van der Waals surface area contributed by atoms with Gasteiger partial charge in [0.25, 0.3) is 0 Å². The Hall–Kier alpha value is -0.570. The van der Waals surface area contributed by atoms with Crippen molar-refractivity contribution in [2.24, 2.45) is 0 Å². The molecule has 2 nitrogen and oxygen atoms in total. The molecule has 1 atom stereocenters. The SMILES string of the molecule is CCCCCCCCCCCCN(Cc1ccccc1)C(C)O.Cl. The third kappa shape index (κ3) is 11.9. The molecule has 3 heteroatoms. The van der Waals surface area contributed by atoms with Gasteiger partial charge < -0.3 is 5.11 Å². The molecule has 0 aromatic heterocycles. The van der Waals surface area contributed by atoms with Crippen LogP contribution in [-0.4, -0.2) is 22.8 Å². The summed E-state index contributed by atoms with van der Waals surface area (Å²) in [5, 5.41) is 9.94. The van der Waals surface area contributed by atoms with Crippen LogP contribution in [0.4, 0.5) is 0 Å². The van der Waals surface area contributed by atoms with Gasteiger partial charge in [0, 0.05) is 13.1 Å². The maximum Gasteiger partial charge on any atom is 0.104 e. The molecule has 0 spiro atoms. The maximum atomic E-state index is 9.94. The number of hydrogen-bond donors (Lipinski definition) is 1. The topological polar surface area (TPSA) is 23.5 Å². The fourth-order valence-corrected chi connectivity index (χ4v) is 3.02. The summed E-state index contributed by atoms with van der Waals surface area (Å²) in [4.78, 5) is 2.17. The normalized spacial score (nSPS) is 12.2. The Bertz CT molecular complexity index is 369. The molecule has 0 saturated carbocycles. The summed E-state index contributed by atoms with van der Waals surface area (Å²) in [6.45, 7) is 5.98. The lowest BCUT2D eigenvalue weighted by molar-refractivity contribution is 0.0115. The van der Waals surface area contributed by atoms with Crippen LogP contribution in [0.5, 0.6) is 0 Å². The lowest BCUT2D eigenvalue weighted by Crippen LogP contribution is -2.33. The Labute approximate surface area is 156 Å². The van der Waals surface area contributed by atoms with E-state index in [1.54, 1.807) is 0 Å². The van der Waals surface area contributed by atoms with Gasteiger partial charge in [-0.05, 0) is 18.9 Å². The Morgan fingerprint density at radius 3 is 1.83 bits per heavy atom. The third-order valence-electron chi connectivity index (χ3n) is 4.56. The minimum atomic E-state index is -0.367. The molecule has 1 rings (SSSR count). The summed E-state index contributed by atoms with van der Waals surface area (Å²) in [6.07, 6.45) is 13.2. The highest BCUT2D eigenvalue weighted by molar-refractivity contribution is 5.85. The van der Waals surface area contributed by atoms with Crippen molar-refractivity contribution < 1.29 is 5.11 Å². The van der Waals surface area contributed by atoms with E-state index < -0.39 is 0 Å². The summed E-state index contributed by atoms with van der Waals surface area (Å²) in [5.74, 6) is 0. The van der Waals surface area contributed by atoms with Gasteiger partial charge in [0.1, 0.15) is 6.23 Å². The van der Waals surface area contributed by atoms with Crippen LogP contribution in [0.25, 0.3) is 0 Å². The average molecular weight is 356 g/mol. The first-order valence-electron chi connectivity index (χ1n) is 9.70. The van der Waals surface area contributed by atoms with Crippen molar-refractivity contribution in [3.05, 3.63) is 35.9 Å². The highest BCUT2D eigenvalue weighted by Gasteiger charge is 2.10. The van der Waals surface area contributed by atoms with E-state index in [0.717, 1.165) is 13.1 Å². The van der Waals surface area contributed by atoms with Gasteiger partial charge in [-0.3, -0.25) is 4.90 Å². The van der Waals surface area contributed by atoms with Crippen molar-refractivity contribution in [2.45, 2.75) is 90.8 Å². The number of aliphatic hydroxyl groups excluding tert-OH is 1. The molecule has 0 aliphatic heterocycles. The quantitative estimate of drug-likeness (QED) is 0.318. The molecule has 0 saturated heterocycles. The monoisotopic (exact) mass is 355 g/mol. The molecule has 1 unspecified atom stereocenters. The van der Waals surface area contributed by atoms with E-state index in [4.69, 9.17) is 0 Å². The summed E-state index contributed by atoms with van der Waals surface area (Å²) in [7, 11) is 0. The minimum absolute atomic E-state index is 0. The van der Waals surface area contributed by atoms with Crippen molar-refractivity contribution >= 4 is 12.4 Å². The molecule has 140 valence electrons. The fraction of sp³-hybridized carbons (Fsp3) is 0.714. The van der Waals surface area contributed by atoms with Gasteiger partial charge in [0.15, 0.2) is 0 Å². The standard InChI is InChI=1S/C21H37NO.ClH/c1-3-4-5-6-7-8-9-10-11-15-18-22(20(2)23)19-21-16-13-12-14-17-21;/h12-14,16-17,20,23H,3-11,15,18-19H2,1-2H3;1H. The largest absolute Gasteiger partial charge is 0.379 e. The van der Waals surface area contributed by atoms with Crippen LogP contribution in [0.15, 0.2) is 30.3 Å². The number of unbranched alkanes of at least 4 members (excludes halogenated alkanes) is 9. The molecular formula is C21H38ClNO. The van der Waals surface area contributed by atoms with Gasteiger partial charge in [0.2, 0.25) is 0 Å². The van der Waals surface area contributed by atoms with Crippen LogP contribution in [0.1, 0.15) is 83.6 Å². The second-order valence-electron chi connectivity index (χ2n) is 6.77. The van der Waals surface area contributed by atoms with Crippen LogP contribution in [0, 0.1) is 0 Å². The summed E-state index contributed by atoms with van der Waals surface area (Å²) in [6, 6.07) is 10.4. The summed E-state index contributed by atoms with van der Waals surface area (Å²) in [5.41, 5.74) is 1.28. The molecule has 0 aliphatic carbocycles.